The Bertz CT molecular complexity index is 502. The van der Waals surface area contributed by atoms with Crippen molar-refractivity contribution in [3.05, 3.63) is 24.3 Å². The van der Waals surface area contributed by atoms with E-state index < -0.39 is 6.64 Å². The second kappa shape index (κ2) is 4.77. The molecule has 0 atom stereocenters. The summed E-state index contributed by atoms with van der Waals surface area (Å²) in [6.45, 7) is -2.43. The topological polar surface area (TPSA) is 43.4 Å². The molecule has 0 saturated heterocycles. The smallest absolute Gasteiger partial charge is 0.288 e. The molecular formula is C9H11N2O2PS2. The van der Waals surface area contributed by atoms with Crippen LogP contribution in [0.1, 0.15) is 0 Å². The number of benzene rings is 1. The van der Waals surface area contributed by atoms with Gasteiger partial charge in [-0.25, -0.2) is 4.98 Å². The second-order valence-corrected chi connectivity index (χ2v) is 7.38. The van der Waals surface area contributed by atoms with E-state index >= 15 is 0 Å². The standard InChI is InChI=1S/C9H11N2O2PS2/c1-12-14(15,13-2)11-9-10-7-5-3-4-6-8(7)16-9/h3-6H,1-2H3,(H,10,11,15). The highest BCUT2D eigenvalue weighted by Gasteiger charge is 2.17. The van der Waals surface area contributed by atoms with Gasteiger partial charge in [0.05, 0.1) is 10.2 Å². The Hall–Kier alpha value is -0.520. The van der Waals surface area contributed by atoms with Crippen LogP contribution in [0.4, 0.5) is 5.13 Å². The van der Waals surface area contributed by atoms with Crippen LogP contribution in [-0.2, 0) is 20.9 Å². The van der Waals surface area contributed by atoms with Crippen LogP contribution >= 0.6 is 18.0 Å². The van der Waals surface area contributed by atoms with Crippen LogP contribution in [-0.4, -0.2) is 19.2 Å². The molecule has 16 heavy (non-hydrogen) atoms. The third kappa shape index (κ3) is 2.42. The van der Waals surface area contributed by atoms with Gasteiger partial charge >= 0.3 is 0 Å². The summed E-state index contributed by atoms with van der Waals surface area (Å²) in [5.74, 6) is 0. The third-order valence-electron chi connectivity index (χ3n) is 2.01. The van der Waals surface area contributed by atoms with Gasteiger partial charge in [-0.15, -0.1) is 0 Å². The van der Waals surface area contributed by atoms with Gasteiger partial charge in [0.25, 0.3) is 6.64 Å². The van der Waals surface area contributed by atoms with Crippen molar-refractivity contribution in [2.75, 3.05) is 19.3 Å². The molecule has 7 heteroatoms. The Morgan fingerprint density at radius 1 is 1.31 bits per heavy atom. The molecule has 0 saturated carbocycles. The average molecular weight is 274 g/mol. The Morgan fingerprint density at radius 2 is 2.00 bits per heavy atom. The van der Waals surface area contributed by atoms with Crippen molar-refractivity contribution in [2.24, 2.45) is 0 Å². The molecule has 86 valence electrons. The van der Waals surface area contributed by atoms with Crippen LogP contribution in [0.15, 0.2) is 24.3 Å². The summed E-state index contributed by atoms with van der Waals surface area (Å²) in [5, 5.41) is 3.76. The van der Waals surface area contributed by atoms with E-state index in [1.807, 2.05) is 24.3 Å². The molecule has 0 aliphatic rings. The molecule has 1 heterocycles. The van der Waals surface area contributed by atoms with E-state index in [-0.39, 0.29) is 0 Å². The lowest BCUT2D eigenvalue weighted by Crippen LogP contribution is -1.99. The SMILES string of the molecule is COP(=S)(Nc1nc2ccccc2s1)OC. The van der Waals surface area contributed by atoms with Crippen LogP contribution in [0, 0.1) is 0 Å². The summed E-state index contributed by atoms with van der Waals surface area (Å²) in [7, 11) is 3.06. The summed E-state index contributed by atoms with van der Waals surface area (Å²) in [6.07, 6.45) is 0. The maximum Gasteiger partial charge on any atom is 0.288 e. The highest BCUT2D eigenvalue weighted by molar-refractivity contribution is 8.10. The zero-order valence-electron chi connectivity index (χ0n) is 8.84. The van der Waals surface area contributed by atoms with Crippen molar-refractivity contribution >= 4 is 45.1 Å². The lowest BCUT2D eigenvalue weighted by molar-refractivity contribution is 0.342. The summed E-state index contributed by atoms with van der Waals surface area (Å²) in [6, 6.07) is 7.91. The number of rotatable bonds is 4. The lowest BCUT2D eigenvalue weighted by atomic mass is 10.3. The van der Waals surface area contributed by atoms with Gasteiger partial charge in [-0.1, -0.05) is 23.5 Å². The van der Waals surface area contributed by atoms with Crippen molar-refractivity contribution in [2.45, 2.75) is 0 Å². The first-order valence-electron chi connectivity index (χ1n) is 4.52. The Labute approximate surface area is 103 Å². The van der Waals surface area contributed by atoms with Gasteiger partial charge in [-0.2, -0.15) is 0 Å². The van der Waals surface area contributed by atoms with Gasteiger partial charge < -0.3 is 9.05 Å². The molecule has 2 aromatic rings. The summed E-state index contributed by atoms with van der Waals surface area (Å²) in [5.41, 5.74) is 0.948. The number of fused-ring (bicyclic) bond motifs is 1. The number of hydrogen-bond acceptors (Lipinski definition) is 5. The van der Waals surface area contributed by atoms with E-state index in [4.69, 9.17) is 20.9 Å². The van der Waals surface area contributed by atoms with E-state index in [1.165, 1.54) is 25.6 Å². The zero-order chi connectivity index (χ0) is 11.6. The Morgan fingerprint density at radius 3 is 2.62 bits per heavy atom. The molecule has 0 fully saturated rings. The highest BCUT2D eigenvalue weighted by atomic mass is 32.5. The zero-order valence-corrected chi connectivity index (χ0v) is 11.4. The Balaban J connectivity index is 2.31. The number of thiazole rings is 1. The molecule has 4 nitrogen and oxygen atoms in total. The highest BCUT2D eigenvalue weighted by Crippen LogP contribution is 2.47. The van der Waals surface area contributed by atoms with Crippen LogP contribution in [0.25, 0.3) is 10.2 Å². The van der Waals surface area contributed by atoms with E-state index in [0.29, 0.717) is 0 Å². The summed E-state index contributed by atoms with van der Waals surface area (Å²) >= 11 is 6.75. The fraction of sp³-hybridized carbons (Fsp3) is 0.222. The quantitative estimate of drug-likeness (QED) is 0.867. The van der Waals surface area contributed by atoms with Gasteiger partial charge in [0, 0.05) is 14.2 Å². The van der Waals surface area contributed by atoms with Crippen molar-refractivity contribution in [1.82, 2.24) is 4.98 Å². The normalized spacial score (nSPS) is 11.9. The third-order valence-corrected chi connectivity index (χ3v) is 5.73. The van der Waals surface area contributed by atoms with Crippen molar-refractivity contribution in [1.29, 1.82) is 0 Å². The van der Waals surface area contributed by atoms with E-state index in [9.17, 15) is 0 Å². The molecule has 0 radical (unpaired) electrons. The van der Waals surface area contributed by atoms with Crippen LogP contribution in [0.2, 0.25) is 0 Å². The first-order chi connectivity index (χ1) is 7.67. The number of anilines is 1. The molecule has 0 spiro atoms. The maximum atomic E-state index is 5.21. The van der Waals surface area contributed by atoms with Gasteiger partial charge in [0.2, 0.25) is 0 Å². The maximum absolute atomic E-state index is 5.21. The summed E-state index contributed by atoms with van der Waals surface area (Å²) < 4.78 is 11.4. The molecule has 0 unspecified atom stereocenters. The number of hydrogen-bond donors (Lipinski definition) is 1. The first-order valence-corrected chi connectivity index (χ1v) is 7.98. The minimum atomic E-state index is -2.43. The predicted octanol–water partition coefficient (Wildman–Crippen LogP) is 3.23. The number of nitrogens with zero attached hydrogens (tertiary/aromatic N) is 1. The van der Waals surface area contributed by atoms with Crippen molar-refractivity contribution < 1.29 is 9.05 Å². The monoisotopic (exact) mass is 274 g/mol. The van der Waals surface area contributed by atoms with Gasteiger partial charge in [0.15, 0.2) is 5.13 Å². The van der Waals surface area contributed by atoms with Gasteiger partial charge in [-0.05, 0) is 23.9 Å². The van der Waals surface area contributed by atoms with Gasteiger partial charge in [0.1, 0.15) is 0 Å². The number of nitrogens with one attached hydrogen (secondary N) is 1. The average Bonchev–Trinajstić information content (AvgIpc) is 2.70. The van der Waals surface area contributed by atoms with E-state index in [0.717, 1.165) is 15.3 Å². The molecule has 0 bridgehead atoms. The first kappa shape index (κ1) is 12.0. The predicted molar refractivity (Wildman–Crippen MR) is 71.5 cm³/mol. The molecule has 0 aliphatic carbocycles. The molecule has 2 rings (SSSR count). The van der Waals surface area contributed by atoms with Gasteiger partial charge in [-0.3, -0.25) is 5.09 Å². The van der Waals surface area contributed by atoms with E-state index in [1.54, 1.807) is 0 Å². The summed E-state index contributed by atoms with van der Waals surface area (Å²) in [4.78, 5) is 4.40. The fourth-order valence-electron chi connectivity index (χ4n) is 1.20. The largest absolute Gasteiger partial charge is 0.317 e. The molecule has 1 aromatic heterocycles. The molecule has 1 N–H and O–H groups in total. The van der Waals surface area contributed by atoms with Crippen LogP contribution in [0.5, 0.6) is 0 Å². The van der Waals surface area contributed by atoms with Crippen LogP contribution < -0.4 is 5.09 Å². The fourth-order valence-corrected chi connectivity index (χ4v) is 3.51. The lowest BCUT2D eigenvalue weighted by Gasteiger charge is -2.17. The minimum absolute atomic E-state index is 0.730. The number of aromatic nitrogens is 1. The van der Waals surface area contributed by atoms with Crippen molar-refractivity contribution in [3.8, 4) is 0 Å². The molecule has 0 amide bonds. The second-order valence-electron chi connectivity index (χ2n) is 2.96. The van der Waals surface area contributed by atoms with Crippen LogP contribution in [0.3, 0.4) is 0 Å². The molecule has 1 aromatic carbocycles. The molecular weight excluding hydrogens is 263 g/mol. The molecule has 0 aliphatic heterocycles. The minimum Gasteiger partial charge on any atom is -0.317 e. The Kier molecular flexibility index (Phi) is 3.56. The number of para-hydroxylation sites is 1. The van der Waals surface area contributed by atoms with E-state index in [2.05, 4.69) is 10.1 Å². The van der Waals surface area contributed by atoms with Crippen molar-refractivity contribution in [3.63, 3.8) is 0 Å².